The molecule has 0 spiro atoms. The van der Waals surface area contributed by atoms with Crippen LogP contribution in [0.15, 0.2) is 28.7 Å². The van der Waals surface area contributed by atoms with Crippen LogP contribution in [0.3, 0.4) is 0 Å². The van der Waals surface area contributed by atoms with Crippen molar-refractivity contribution < 1.29 is 0 Å². The van der Waals surface area contributed by atoms with Crippen LogP contribution in [0.1, 0.15) is 44.6 Å². The third-order valence-corrected chi connectivity index (χ3v) is 4.89. The Balaban J connectivity index is 1.91. The number of halogens is 1. The molecule has 1 aliphatic carbocycles. The average molecular weight is 310 g/mol. The first-order valence-electron chi connectivity index (χ1n) is 7.28. The molecule has 0 aromatic heterocycles. The van der Waals surface area contributed by atoms with E-state index in [1.54, 1.807) is 0 Å². The summed E-state index contributed by atoms with van der Waals surface area (Å²) in [6, 6.07) is 9.32. The van der Waals surface area contributed by atoms with Gasteiger partial charge in [0.2, 0.25) is 0 Å². The molecule has 1 N–H and O–H groups in total. The monoisotopic (exact) mass is 309 g/mol. The highest BCUT2D eigenvalue weighted by Gasteiger charge is 2.23. The van der Waals surface area contributed by atoms with Crippen LogP contribution in [-0.2, 0) is 6.42 Å². The molecular weight excluding hydrogens is 286 g/mol. The normalized spacial score (nSPS) is 18.1. The van der Waals surface area contributed by atoms with E-state index in [0.717, 1.165) is 12.5 Å². The summed E-state index contributed by atoms with van der Waals surface area (Å²) in [6.07, 6.45) is 8.15. The average Bonchev–Trinajstić information content (AvgIpc) is 2.90. The molecule has 0 saturated heterocycles. The van der Waals surface area contributed by atoms with Crippen molar-refractivity contribution >= 4 is 15.9 Å². The highest BCUT2D eigenvalue weighted by atomic mass is 79.9. The maximum absolute atomic E-state index is 3.70. The van der Waals surface area contributed by atoms with E-state index >= 15 is 0 Å². The van der Waals surface area contributed by atoms with E-state index in [4.69, 9.17) is 0 Å². The standard InChI is InChI=1S/C16H24BrN/c1-2-18-16(14-8-3-4-9-14)12-11-13-7-5-6-10-15(13)17/h5-7,10,14,16,18H,2-4,8-9,11-12H2,1H3. The van der Waals surface area contributed by atoms with Gasteiger partial charge in [-0.1, -0.05) is 53.9 Å². The van der Waals surface area contributed by atoms with Crippen molar-refractivity contribution in [3.8, 4) is 0 Å². The van der Waals surface area contributed by atoms with Gasteiger partial charge < -0.3 is 5.32 Å². The highest BCUT2D eigenvalue weighted by molar-refractivity contribution is 9.10. The van der Waals surface area contributed by atoms with Gasteiger partial charge in [0.15, 0.2) is 0 Å². The summed E-state index contributed by atoms with van der Waals surface area (Å²) in [5.41, 5.74) is 1.44. The van der Waals surface area contributed by atoms with Crippen LogP contribution in [0.25, 0.3) is 0 Å². The molecule has 1 nitrogen and oxygen atoms in total. The van der Waals surface area contributed by atoms with Crippen molar-refractivity contribution in [2.45, 2.75) is 51.5 Å². The summed E-state index contributed by atoms with van der Waals surface area (Å²) in [4.78, 5) is 0. The molecule has 1 aromatic rings. The van der Waals surface area contributed by atoms with Crippen LogP contribution in [0, 0.1) is 5.92 Å². The van der Waals surface area contributed by atoms with Crippen LogP contribution in [0.5, 0.6) is 0 Å². The zero-order chi connectivity index (χ0) is 12.8. The zero-order valence-electron chi connectivity index (χ0n) is 11.3. The molecule has 18 heavy (non-hydrogen) atoms. The summed E-state index contributed by atoms with van der Waals surface area (Å²) in [5, 5.41) is 3.70. The van der Waals surface area contributed by atoms with E-state index in [1.165, 1.54) is 48.6 Å². The maximum Gasteiger partial charge on any atom is 0.0207 e. The van der Waals surface area contributed by atoms with Gasteiger partial charge in [0.1, 0.15) is 0 Å². The molecule has 1 aromatic carbocycles. The van der Waals surface area contributed by atoms with E-state index in [1.807, 2.05) is 0 Å². The predicted molar refractivity (Wildman–Crippen MR) is 81.9 cm³/mol. The Morgan fingerprint density at radius 1 is 1.28 bits per heavy atom. The second kappa shape index (κ2) is 7.30. The Labute approximate surface area is 119 Å². The van der Waals surface area contributed by atoms with E-state index in [9.17, 15) is 0 Å². The Hall–Kier alpha value is -0.340. The van der Waals surface area contributed by atoms with Gasteiger partial charge in [-0.25, -0.2) is 0 Å². The minimum absolute atomic E-state index is 0.713. The molecule has 0 amide bonds. The fourth-order valence-corrected chi connectivity index (χ4v) is 3.62. The van der Waals surface area contributed by atoms with Crippen LogP contribution < -0.4 is 5.32 Å². The number of hydrogen-bond acceptors (Lipinski definition) is 1. The van der Waals surface area contributed by atoms with Crippen molar-refractivity contribution in [3.63, 3.8) is 0 Å². The minimum Gasteiger partial charge on any atom is -0.314 e. The lowest BCUT2D eigenvalue weighted by atomic mass is 9.92. The Kier molecular flexibility index (Phi) is 5.71. The molecule has 1 aliphatic rings. The lowest BCUT2D eigenvalue weighted by Crippen LogP contribution is -2.35. The molecule has 0 aliphatic heterocycles. The molecule has 1 saturated carbocycles. The number of nitrogens with one attached hydrogen (secondary N) is 1. The van der Waals surface area contributed by atoms with Gasteiger partial charge in [-0.3, -0.25) is 0 Å². The minimum atomic E-state index is 0.713. The zero-order valence-corrected chi connectivity index (χ0v) is 12.9. The first-order valence-corrected chi connectivity index (χ1v) is 8.07. The molecule has 0 heterocycles. The quantitative estimate of drug-likeness (QED) is 0.813. The maximum atomic E-state index is 3.70. The second-order valence-electron chi connectivity index (χ2n) is 5.34. The molecule has 0 bridgehead atoms. The van der Waals surface area contributed by atoms with Crippen LogP contribution in [0.2, 0.25) is 0 Å². The van der Waals surface area contributed by atoms with E-state index < -0.39 is 0 Å². The van der Waals surface area contributed by atoms with Gasteiger partial charge >= 0.3 is 0 Å². The van der Waals surface area contributed by atoms with Crippen molar-refractivity contribution in [3.05, 3.63) is 34.3 Å². The van der Waals surface area contributed by atoms with Gasteiger partial charge in [0, 0.05) is 10.5 Å². The van der Waals surface area contributed by atoms with Crippen LogP contribution >= 0.6 is 15.9 Å². The van der Waals surface area contributed by atoms with Crippen molar-refractivity contribution in [1.29, 1.82) is 0 Å². The second-order valence-corrected chi connectivity index (χ2v) is 6.19. The van der Waals surface area contributed by atoms with E-state index in [2.05, 4.69) is 52.4 Å². The molecule has 2 heteroatoms. The van der Waals surface area contributed by atoms with E-state index in [0.29, 0.717) is 6.04 Å². The number of benzene rings is 1. The molecule has 0 radical (unpaired) electrons. The smallest absolute Gasteiger partial charge is 0.0207 e. The van der Waals surface area contributed by atoms with Crippen LogP contribution in [0.4, 0.5) is 0 Å². The van der Waals surface area contributed by atoms with Gasteiger partial charge in [-0.2, -0.15) is 0 Å². The Morgan fingerprint density at radius 2 is 2.00 bits per heavy atom. The number of aryl methyl sites for hydroxylation is 1. The summed E-state index contributed by atoms with van der Waals surface area (Å²) in [7, 11) is 0. The van der Waals surface area contributed by atoms with Crippen molar-refractivity contribution in [2.24, 2.45) is 5.92 Å². The topological polar surface area (TPSA) is 12.0 Å². The van der Waals surface area contributed by atoms with Gasteiger partial charge in [0.05, 0.1) is 0 Å². The molecule has 1 atom stereocenters. The Bertz CT molecular complexity index is 358. The molecule has 100 valence electrons. The van der Waals surface area contributed by atoms with E-state index in [-0.39, 0.29) is 0 Å². The summed E-state index contributed by atoms with van der Waals surface area (Å²) < 4.78 is 1.26. The largest absolute Gasteiger partial charge is 0.314 e. The molecule has 1 fully saturated rings. The first kappa shape index (κ1) is 14.1. The highest BCUT2D eigenvalue weighted by Crippen LogP contribution is 2.30. The third kappa shape index (κ3) is 3.83. The van der Waals surface area contributed by atoms with Gasteiger partial charge in [-0.15, -0.1) is 0 Å². The lowest BCUT2D eigenvalue weighted by Gasteiger charge is -2.24. The summed E-state index contributed by atoms with van der Waals surface area (Å²) in [6.45, 7) is 3.32. The predicted octanol–water partition coefficient (Wildman–Crippen LogP) is 4.55. The first-order chi connectivity index (χ1) is 8.81. The summed E-state index contributed by atoms with van der Waals surface area (Å²) in [5.74, 6) is 0.910. The summed E-state index contributed by atoms with van der Waals surface area (Å²) >= 11 is 3.65. The van der Waals surface area contributed by atoms with Crippen molar-refractivity contribution in [2.75, 3.05) is 6.54 Å². The number of rotatable bonds is 6. The van der Waals surface area contributed by atoms with Gasteiger partial charge in [0.25, 0.3) is 0 Å². The fourth-order valence-electron chi connectivity index (χ4n) is 3.14. The van der Waals surface area contributed by atoms with Crippen LogP contribution in [-0.4, -0.2) is 12.6 Å². The molecular formula is C16H24BrN. The molecule has 1 unspecified atom stereocenters. The lowest BCUT2D eigenvalue weighted by molar-refractivity contribution is 0.346. The molecule has 2 rings (SSSR count). The third-order valence-electron chi connectivity index (χ3n) is 4.12. The SMILES string of the molecule is CCNC(CCc1ccccc1Br)C1CCCC1. The van der Waals surface area contributed by atoms with Crippen molar-refractivity contribution in [1.82, 2.24) is 5.32 Å². The Morgan fingerprint density at radius 3 is 2.67 bits per heavy atom. The number of hydrogen-bond donors (Lipinski definition) is 1. The fraction of sp³-hybridized carbons (Fsp3) is 0.625. The van der Waals surface area contributed by atoms with Gasteiger partial charge in [-0.05, 0) is 49.8 Å².